The second kappa shape index (κ2) is 6.77. The lowest BCUT2D eigenvalue weighted by Gasteiger charge is -2.25. The lowest BCUT2D eigenvalue weighted by Crippen LogP contribution is -2.32. The highest BCUT2D eigenvalue weighted by Crippen LogP contribution is 2.27. The molecule has 2 aromatic rings. The minimum absolute atomic E-state index is 0.0510. The predicted octanol–water partition coefficient (Wildman–Crippen LogP) is 2.53. The van der Waals surface area contributed by atoms with Gasteiger partial charge in [0.1, 0.15) is 5.56 Å². The summed E-state index contributed by atoms with van der Waals surface area (Å²) in [6.45, 7) is 1.86. The van der Waals surface area contributed by atoms with Crippen LogP contribution in [0, 0.1) is 5.92 Å². The molecule has 1 aliphatic heterocycles. The molecule has 2 amide bonds. The van der Waals surface area contributed by atoms with Crippen molar-refractivity contribution in [3.63, 3.8) is 0 Å². The Labute approximate surface area is 159 Å². The molecule has 7 heteroatoms. The first-order chi connectivity index (χ1) is 13.5. The first kappa shape index (κ1) is 17.7. The summed E-state index contributed by atoms with van der Waals surface area (Å²) in [5, 5.41) is 3.30. The number of carbonyl (C=O) groups excluding carboxylic acids is 2. The third-order valence-electron chi connectivity index (χ3n) is 4.62. The molecular weight excluding hydrogens is 360 g/mol. The van der Waals surface area contributed by atoms with Gasteiger partial charge in [-0.3, -0.25) is 9.59 Å². The van der Waals surface area contributed by atoms with Crippen LogP contribution in [0.1, 0.15) is 17.3 Å². The zero-order valence-corrected chi connectivity index (χ0v) is 15.2. The fourth-order valence-electron chi connectivity index (χ4n) is 3.26. The summed E-state index contributed by atoms with van der Waals surface area (Å²) in [6.07, 6.45) is 6.70. The molecule has 2 heterocycles. The van der Waals surface area contributed by atoms with Gasteiger partial charge in [0.05, 0.1) is 12.8 Å². The summed E-state index contributed by atoms with van der Waals surface area (Å²) in [4.78, 5) is 40.6. The maximum Gasteiger partial charge on any atom is 0.349 e. The number of hydrogen-bond donors (Lipinski definition) is 1. The molecule has 1 atom stereocenters. The molecule has 0 saturated carbocycles. The predicted molar refractivity (Wildman–Crippen MR) is 103 cm³/mol. The van der Waals surface area contributed by atoms with E-state index in [1.807, 2.05) is 13.0 Å². The number of nitrogens with zero attached hydrogens (tertiary/aromatic N) is 1. The molecule has 2 aliphatic rings. The Bertz CT molecular complexity index is 1200. The number of allylic oxidation sites excluding steroid dienone is 3. The van der Waals surface area contributed by atoms with Crippen molar-refractivity contribution < 1.29 is 18.7 Å². The highest BCUT2D eigenvalue weighted by atomic mass is 16.5. The summed E-state index contributed by atoms with van der Waals surface area (Å²) in [6, 6.07) is 6.55. The molecule has 1 aliphatic carbocycles. The van der Waals surface area contributed by atoms with E-state index >= 15 is 0 Å². The van der Waals surface area contributed by atoms with Crippen LogP contribution >= 0.6 is 0 Å². The molecule has 0 fully saturated rings. The Hall–Kier alpha value is -3.74. The molecule has 0 bridgehead atoms. The number of fused-ring (bicyclic) bond motifs is 2. The van der Waals surface area contributed by atoms with Gasteiger partial charge in [-0.25, -0.2) is 9.79 Å². The average molecular weight is 376 g/mol. The standard InChI is InChI=1S/C21H16N2O5/c1-11-8-18(24)23-16-10-13(6-7-14(11)16)22-20(25)15-9-12-4-3-5-17(27-2)19(12)28-21(15)26/h3-10,14H,1-2H3,(H,23,24). The van der Waals surface area contributed by atoms with Crippen LogP contribution in [-0.4, -0.2) is 24.6 Å². The van der Waals surface area contributed by atoms with Gasteiger partial charge in [-0.05, 0) is 31.2 Å². The molecule has 140 valence electrons. The van der Waals surface area contributed by atoms with E-state index in [0.29, 0.717) is 22.5 Å². The monoisotopic (exact) mass is 376 g/mol. The lowest BCUT2D eigenvalue weighted by molar-refractivity contribution is -0.116. The van der Waals surface area contributed by atoms with Gasteiger partial charge in [0.25, 0.3) is 5.91 Å². The molecule has 1 aromatic carbocycles. The van der Waals surface area contributed by atoms with Gasteiger partial charge < -0.3 is 14.5 Å². The van der Waals surface area contributed by atoms with Crippen molar-refractivity contribution in [3.05, 3.63) is 75.8 Å². The van der Waals surface area contributed by atoms with Crippen molar-refractivity contribution in [3.8, 4) is 5.75 Å². The first-order valence-corrected chi connectivity index (χ1v) is 8.59. The Kier molecular flexibility index (Phi) is 4.27. The summed E-state index contributed by atoms with van der Waals surface area (Å²) in [7, 11) is 1.47. The second-order valence-corrected chi connectivity index (χ2v) is 6.48. The number of amides is 2. The van der Waals surface area contributed by atoms with Crippen molar-refractivity contribution >= 4 is 28.5 Å². The van der Waals surface area contributed by atoms with E-state index in [-0.39, 0.29) is 23.0 Å². The Balaban J connectivity index is 1.70. The second-order valence-electron chi connectivity index (χ2n) is 6.48. The topological polar surface area (TPSA) is 98.0 Å². The third kappa shape index (κ3) is 3.07. The van der Waals surface area contributed by atoms with Crippen LogP contribution in [0.25, 0.3) is 11.0 Å². The van der Waals surface area contributed by atoms with Crippen LogP contribution in [0.2, 0.25) is 0 Å². The average Bonchev–Trinajstić information content (AvgIpc) is 2.66. The number of hydrogen-bond acceptors (Lipinski definition) is 5. The van der Waals surface area contributed by atoms with Gasteiger partial charge in [-0.1, -0.05) is 23.8 Å². The SMILES string of the molecule is COc1cccc2cc(C(=O)N=C3C=CC4C(C)=CC(=O)NC4=C3)c(=O)oc12. The van der Waals surface area contributed by atoms with Crippen molar-refractivity contribution in [2.45, 2.75) is 6.92 Å². The van der Waals surface area contributed by atoms with E-state index in [2.05, 4.69) is 10.3 Å². The van der Waals surface area contributed by atoms with E-state index in [4.69, 9.17) is 9.15 Å². The molecule has 0 saturated heterocycles. The van der Waals surface area contributed by atoms with Crippen LogP contribution in [0.5, 0.6) is 5.75 Å². The summed E-state index contributed by atoms with van der Waals surface area (Å²) in [5.41, 5.74) is 1.20. The molecule has 1 unspecified atom stereocenters. The fraction of sp³-hybridized carbons (Fsp3) is 0.143. The van der Waals surface area contributed by atoms with E-state index in [0.717, 1.165) is 5.57 Å². The highest BCUT2D eigenvalue weighted by molar-refractivity contribution is 6.14. The summed E-state index contributed by atoms with van der Waals surface area (Å²) in [5.74, 6) is -0.583. The maximum absolute atomic E-state index is 12.6. The Morgan fingerprint density at radius 3 is 2.86 bits per heavy atom. The van der Waals surface area contributed by atoms with E-state index in [9.17, 15) is 14.4 Å². The molecule has 0 spiro atoms. The number of benzene rings is 1. The lowest BCUT2D eigenvalue weighted by atomic mass is 9.89. The number of ether oxygens (including phenoxy) is 1. The van der Waals surface area contributed by atoms with Crippen LogP contribution in [0.15, 0.2) is 74.0 Å². The Morgan fingerprint density at radius 1 is 1.25 bits per heavy atom. The zero-order valence-electron chi connectivity index (χ0n) is 15.2. The first-order valence-electron chi connectivity index (χ1n) is 8.59. The maximum atomic E-state index is 12.6. The normalized spacial score (nSPS) is 19.7. The minimum Gasteiger partial charge on any atom is -0.493 e. The van der Waals surface area contributed by atoms with Crippen LogP contribution < -0.4 is 15.7 Å². The number of aliphatic imine (C=N–C) groups is 1. The molecular formula is C21H16N2O5. The van der Waals surface area contributed by atoms with Gasteiger partial charge in [0.15, 0.2) is 11.3 Å². The Morgan fingerprint density at radius 2 is 2.07 bits per heavy atom. The molecule has 28 heavy (non-hydrogen) atoms. The van der Waals surface area contributed by atoms with Crippen molar-refractivity contribution in [2.75, 3.05) is 7.11 Å². The summed E-state index contributed by atoms with van der Waals surface area (Å²) >= 11 is 0. The number of methoxy groups -OCH3 is 1. The molecule has 4 rings (SSSR count). The van der Waals surface area contributed by atoms with Crippen molar-refractivity contribution in [2.24, 2.45) is 10.9 Å². The van der Waals surface area contributed by atoms with Gasteiger partial charge >= 0.3 is 5.63 Å². The molecule has 1 aromatic heterocycles. The zero-order chi connectivity index (χ0) is 19.8. The van der Waals surface area contributed by atoms with Gasteiger partial charge in [0.2, 0.25) is 5.91 Å². The summed E-state index contributed by atoms with van der Waals surface area (Å²) < 4.78 is 10.4. The van der Waals surface area contributed by atoms with Gasteiger partial charge in [-0.15, -0.1) is 0 Å². The van der Waals surface area contributed by atoms with Crippen molar-refractivity contribution in [1.82, 2.24) is 5.32 Å². The molecule has 1 N–H and O–H groups in total. The molecule has 7 nitrogen and oxygen atoms in total. The molecule has 0 radical (unpaired) electrons. The van der Waals surface area contributed by atoms with Gasteiger partial charge in [-0.2, -0.15) is 0 Å². The number of carbonyl (C=O) groups is 2. The van der Waals surface area contributed by atoms with Crippen molar-refractivity contribution in [1.29, 1.82) is 0 Å². The van der Waals surface area contributed by atoms with Crippen LogP contribution in [0.4, 0.5) is 0 Å². The minimum atomic E-state index is -0.790. The highest BCUT2D eigenvalue weighted by Gasteiger charge is 2.24. The largest absolute Gasteiger partial charge is 0.493 e. The van der Waals surface area contributed by atoms with E-state index < -0.39 is 11.5 Å². The fourth-order valence-corrected chi connectivity index (χ4v) is 3.26. The number of para-hydroxylation sites is 1. The van der Waals surface area contributed by atoms with E-state index in [1.54, 1.807) is 30.4 Å². The number of rotatable bonds is 2. The van der Waals surface area contributed by atoms with Crippen LogP contribution in [0.3, 0.4) is 0 Å². The quantitative estimate of drug-likeness (QED) is 0.812. The third-order valence-corrected chi connectivity index (χ3v) is 4.62. The van der Waals surface area contributed by atoms with E-state index in [1.165, 1.54) is 19.3 Å². The van der Waals surface area contributed by atoms with Gasteiger partial charge in [0, 0.05) is 23.1 Å². The smallest absolute Gasteiger partial charge is 0.349 e. The van der Waals surface area contributed by atoms with Crippen LogP contribution in [-0.2, 0) is 4.79 Å². The number of nitrogens with one attached hydrogen (secondary N) is 1.